The maximum absolute atomic E-state index is 5.38. The van der Waals surface area contributed by atoms with Crippen molar-refractivity contribution >= 4 is 22.8 Å². The molecular formula is C11H17N7. The zero-order valence-corrected chi connectivity index (χ0v) is 10.3. The van der Waals surface area contributed by atoms with Crippen LogP contribution in [0.5, 0.6) is 0 Å². The minimum atomic E-state index is 0.389. The second-order valence-corrected chi connectivity index (χ2v) is 4.83. The predicted molar refractivity (Wildman–Crippen MR) is 69.9 cm³/mol. The van der Waals surface area contributed by atoms with Gasteiger partial charge in [0.05, 0.1) is 11.6 Å². The van der Waals surface area contributed by atoms with Gasteiger partial charge in [-0.05, 0) is 18.8 Å². The Morgan fingerprint density at radius 2 is 2.28 bits per heavy atom. The van der Waals surface area contributed by atoms with Crippen molar-refractivity contribution in [1.29, 1.82) is 0 Å². The average Bonchev–Trinajstić information content (AvgIpc) is 2.98. The van der Waals surface area contributed by atoms with Crippen LogP contribution in [0.15, 0.2) is 6.20 Å². The molecule has 2 aromatic heterocycles. The van der Waals surface area contributed by atoms with Crippen molar-refractivity contribution in [1.82, 2.24) is 20.2 Å². The van der Waals surface area contributed by atoms with Crippen LogP contribution < -0.4 is 16.6 Å². The highest BCUT2D eigenvalue weighted by Crippen LogP contribution is 2.29. The van der Waals surface area contributed by atoms with Crippen molar-refractivity contribution < 1.29 is 0 Å². The Labute approximate surface area is 105 Å². The molecule has 96 valence electrons. The molecule has 1 fully saturated rings. The monoisotopic (exact) mass is 247 g/mol. The molecule has 7 heteroatoms. The van der Waals surface area contributed by atoms with Crippen LogP contribution in [0.3, 0.4) is 0 Å². The van der Waals surface area contributed by atoms with E-state index in [0.717, 1.165) is 11.2 Å². The lowest BCUT2D eigenvalue weighted by Gasteiger charge is -2.18. The van der Waals surface area contributed by atoms with Gasteiger partial charge in [0.15, 0.2) is 5.65 Å². The summed E-state index contributed by atoms with van der Waals surface area (Å²) in [7, 11) is 0. The summed E-state index contributed by atoms with van der Waals surface area (Å²) in [5.74, 6) is 7.22. The predicted octanol–water partition coefficient (Wildman–Crippen LogP) is 1.24. The Hall–Kier alpha value is -1.89. The van der Waals surface area contributed by atoms with Gasteiger partial charge >= 0.3 is 0 Å². The SMILES string of the molecule is CC1CCCC1Nc1nc(NN)nc2[nH]ncc12. The van der Waals surface area contributed by atoms with Crippen LogP contribution in [0.1, 0.15) is 26.2 Å². The molecule has 7 nitrogen and oxygen atoms in total. The number of nitrogens with zero attached hydrogens (tertiary/aromatic N) is 3. The van der Waals surface area contributed by atoms with Crippen molar-refractivity contribution in [2.45, 2.75) is 32.2 Å². The van der Waals surface area contributed by atoms with Crippen molar-refractivity contribution in [2.24, 2.45) is 11.8 Å². The second-order valence-electron chi connectivity index (χ2n) is 4.83. The van der Waals surface area contributed by atoms with Gasteiger partial charge in [0.2, 0.25) is 5.95 Å². The average molecular weight is 247 g/mol. The van der Waals surface area contributed by atoms with Gasteiger partial charge in [-0.1, -0.05) is 13.3 Å². The summed E-state index contributed by atoms with van der Waals surface area (Å²) in [6, 6.07) is 0.462. The number of hydrogen-bond acceptors (Lipinski definition) is 6. The number of rotatable bonds is 3. The van der Waals surface area contributed by atoms with Gasteiger partial charge in [-0.2, -0.15) is 15.1 Å². The molecule has 0 bridgehead atoms. The summed E-state index contributed by atoms with van der Waals surface area (Å²) < 4.78 is 0. The first-order chi connectivity index (χ1) is 8.78. The molecule has 18 heavy (non-hydrogen) atoms. The number of H-pyrrole nitrogens is 1. The molecular weight excluding hydrogens is 230 g/mol. The van der Waals surface area contributed by atoms with Crippen molar-refractivity contribution in [3.05, 3.63) is 6.20 Å². The van der Waals surface area contributed by atoms with E-state index in [0.29, 0.717) is 23.6 Å². The van der Waals surface area contributed by atoms with Gasteiger partial charge in [-0.25, -0.2) is 5.84 Å². The number of fused-ring (bicyclic) bond motifs is 1. The molecule has 0 spiro atoms. The molecule has 2 unspecified atom stereocenters. The quantitative estimate of drug-likeness (QED) is 0.480. The molecule has 2 heterocycles. The van der Waals surface area contributed by atoms with E-state index in [1.54, 1.807) is 6.20 Å². The minimum Gasteiger partial charge on any atom is -0.366 e. The van der Waals surface area contributed by atoms with Gasteiger partial charge < -0.3 is 5.32 Å². The van der Waals surface area contributed by atoms with Gasteiger partial charge in [0.25, 0.3) is 0 Å². The van der Waals surface area contributed by atoms with Crippen LogP contribution in [0.4, 0.5) is 11.8 Å². The first kappa shape index (κ1) is 11.2. The summed E-state index contributed by atoms with van der Waals surface area (Å²) >= 11 is 0. The Morgan fingerprint density at radius 1 is 1.39 bits per heavy atom. The molecule has 2 aromatic rings. The fourth-order valence-corrected chi connectivity index (χ4v) is 2.54. The Kier molecular flexibility index (Phi) is 2.75. The second kappa shape index (κ2) is 4.41. The number of hydrogen-bond donors (Lipinski definition) is 4. The number of nitrogens with two attached hydrogens (primary N) is 1. The van der Waals surface area contributed by atoms with E-state index in [1.165, 1.54) is 19.3 Å². The van der Waals surface area contributed by atoms with Crippen molar-refractivity contribution in [2.75, 3.05) is 10.7 Å². The van der Waals surface area contributed by atoms with Crippen LogP contribution in [-0.2, 0) is 0 Å². The van der Waals surface area contributed by atoms with E-state index >= 15 is 0 Å². The third-order valence-corrected chi connectivity index (χ3v) is 3.62. The lowest BCUT2D eigenvalue weighted by molar-refractivity contribution is 0.555. The van der Waals surface area contributed by atoms with Crippen LogP contribution in [0.25, 0.3) is 11.0 Å². The molecule has 0 aliphatic heterocycles. The standard InChI is InChI=1S/C11H17N7/c1-6-3-2-4-8(6)14-9-7-5-13-18-10(7)16-11(15-9)17-12/h5-6,8H,2-4,12H2,1H3,(H3,13,14,15,16,17,18). The zero-order valence-electron chi connectivity index (χ0n) is 10.3. The highest BCUT2D eigenvalue weighted by Gasteiger charge is 2.24. The van der Waals surface area contributed by atoms with E-state index in [9.17, 15) is 0 Å². The molecule has 1 aliphatic rings. The lowest BCUT2D eigenvalue weighted by Crippen LogP contribution is -2.23. The molecule has 0 aromatic carbocycles. The number of hydrazine groups is 1. The van der Waals surface area contributed by atoms with Crippen LogP contribution in [-0.4, -0.2) is 26.2 Å². The van der Waals surface area contributed by atoms with Gasteiger partial charge in [-0.3, -0.25) is 10.5 Å². The van der Waals surface area contributed by atoms with E-state index in [-0.39, 0.29) is 0 Å². The zero-order chi connectivity index (χ0) is 12.5. The van der Waals surface area contributed by atoms with E-state index < -0.39 is 0 Å². The van der Waals surface area contributed by atoms with Crippen molar-refractivity contribution in [3.63, 3.8) is 0 Å². The van der Waals surface area contributed by atoms with Crippen LogP contribution in [0, 0.1) is 5.92 Å². The molecule has 5 N–H and O–H groups in total. The van der Waals surface area contributed by atoms with Crippen molar-refractivity contribution in [3.8, 4) is 0 Å². The highest BCUT2D eigenvalue weighted by atomic mass is 15.3. The van der Waals surface area contributed by atoms with E-state index in [1.807, 2.05) is 0 Å². The number of anilines is 2. The minimum absolute atomic E-state index is 0.389. The molecule has 0 radical (unpaired) electrons. The Morgan fingerprint density at radius 3 is 3.00 bits per heavy atom. The number of nitrogen functional groups attached to an aromatic ring is 1. The topological polar surface area (TPSA) is 105 Å². The normalized spacial score (nSPS) is 23.4. The molecule has 2 atom stereocenters. The summed E-state index contributed by atoms with van der Waals surface area (Å²) in [4.78, 5) is 8.57. The number of aromatic amines is 1. The highest BCUT2D eigenvalue weighted by molar-refractivity contribution is 5.87. The van der Waals surface area contributed by atoms with E-state index in [2.05, 4.69) is 37.8 Å². The summed E-state index contributed by atoms with van der Waals surface area (Å²) in [5.41, 5.74) is 3.16. The Bertz CT molecular complexity index is 549. The molecule has 0 saturated heterocycles. The Balaban J connectivity index is 1.96. The number of aromatic nitrogens is 4. The van der Waals surface area contributed by atoms with Crippen LogP contribution in [0.2, 0.25) is 0 Å². The smallest absolute Gasteiger partial charge is 0.241 e. The fraction of sp³-hybridized carbons (Fsp3) is 0.545. The lowest BCUT2D eigenvalue weighted by atomic mass is 10.1. The van der Waals surface area contributed by atoms with Gasteiger partial charge in [-0.15, -0.1) is 0 Å². The number of nitrogens with one attached hydrogen (secondary N) is 3. The van der Waals surface area contributed by atoms with Gasteiger partial charge in [0.1, 0.15) is 5.82 Å². The third-order valence-electron chi connectivity index (χ3n) is 3.62. The first-order valence-electron chi connectivity index (χ1n) is 6.22. The molecule has 0 amide bonds. The van der Waals surface area contributed by atoms with Gasteiger partial charge in [0, 0.05) is 6.04 Å². The summed E-state index contributed by atoms with van der Waals surface area (Å²) in [5, 5.41) is 11.2. The summed E-state index contributed by atoms with van der Waals surface area (Å²) in [6.07, 6.45) is 5.44. The van der Waals surface area contributed by atoms with Crippen LogP contribution >= 0.6 is 0 Å². The summed E-state index contributed by atoms with van der Waals surface area (Å²) in [6.45, 7) is 2.26. The fourth-order valence-electron chi connectivity index (χ4n) is 2.54. The largest absolute Gasteiger partial charge is 0.366 e. The third kappa shape index (κ3) is 1.86. The first-order valence-corrected chi connectivity index (χ1v) is 6.22. The molecule has 1 saturated carbocycles. The molecule has 3 rings (SSSR count). The maximum atomic E-state index is 5.38. The maximum Gasteiger partial charge on any atom is 0.241 e. The molecule has 1 aliphatic carbocycles. The van der Waals surface area contributed by atoms with E-state index in [4.69, 9.17) is 5.84 Å².